The van der Waals surface area contributed by atoms with Gasteiger partial charge >= 0.3 is 11.9 Å². The number of Topliss-reactive ketones (excluding diaryl/α,β-unsaturated/α-hetero) is 1. The summed E-state index contributed by atoms with van der Waals surface area (Å²) < 4.78 is 10.4. The summed E-state index contributed by atoms with van der Waals surface area (Å²) in [7, 11) is 0. The van der Waals surface area contributed by atoms with Gasteiger partial charge in [-0.3, -0.25) is 14.4 Å². The standard InChI is InChI=1S/C25H33NO6/c1-6-14-31-23(28)21-19(27)16-25(5,30)22(24(29)32-15-7-2)20(21)17-10-12-18(13-11-17)26(8-3)9-4/h6-7,10-13,20-22,30H,1-2,8-9,14-16H2,3-5H3/t20-,21-,22+,25+/m1/s1. The van der Waals surface area contributed by atoms with Gasteiger partial charge in [-0.1, -0.05) is 37.4 Å². The Labute approximate surface area is 189 Å². The normalized spacial score (nSPS) is 25.0. The van der Waals surface area contributed by atoms with Crippen LogP contribution in [0.1, 0.15) is 38.7 Å². The molecular weight excluding hydrogens is 410 g/mol. The smallest absolute Gasteiger partial charge is 0.317 e. The van der Waals surface area contributed by atoms with Crippen molar-refractivity contribution in [3.63, 3.8) is 0 Å². The van der Waals surface area contributed by atoms with E-state index in [0.29, 0.717) is 5.56 Å². The van der Waals surface area contributed by atoms with Crippen LogP contribution in [0.5, 0.6) is 0 Å². The minimum atomic E-state index is -1.69. The number of nitrogens with zero attached hydrogens (tertiary/aromatic N) is 1. The maximum Gasteiger partial charge on any atom is 0.317 e. The molecule has 0 radical (unpaired) electrons. The van der Waals surface area contributed by atoms with Crippen molar-refractivity contribution in [3.05, 3.63) is 55.1 Å². The van der Waals surface area contributed by atoms with Crippen LogP contribution in [0.15, 0.2) is 49.6 Å². The summed E-state index contributed by atoms with van der Waals surface area (Å²) in [4.78, 5) is 41.0. The highest BCUT2D eigenvalue weighted by atomic mass is 16.5. The molecule has 1 saturated carbocycles. The molecule has 7 heteroatoms. The molecule has 0 aromatic heterocycles. The molecule has 174 valence electrons. The number of ketones is 1. The lowest BCUT2D eigenvalue weighted by molar-refractivity contribution is -0.171. The van der Waals surface area contributed by atoms with Gasteiger partial charge in [-0.25, -0.2) is 0 Å². The average molecular weight is 444 g/mol. The molecule has 0 aliphatic heterocycles. The number of aliphatic hydroxyl groups is 1. The van der Waals surface area contributed by atoms with E-state index < -0.39 is 41.1 Å². The zero-order valence-corrected chi connectivity index (χ0v) is 19.1. The summed E-state index contributed by atoms with van der Waals surface area (Å²) in [6.07, 6.45) is 2.47. The van der Waals surface area contributed by atoms with E-state index in [-0.39, 0.29) is 19.6 Å². The van der Waals surface area contributed by atoms with Gasteiger partial charge < -0.3 is 19.5 Å². The zero-order chi connectivity index (χ0) is 23.9. The van der Waals surface area contributed by atoms with Crippen LogP contribution in [0, 0.1) is 11.8 Å². The summed E-state index contributed by atoms with van der Waals surface area (Å²) in [5.41, 5.74) is -0.133. The number of carbonyl (C=O) groups is 3. The first-order chi connectivity index (χ1) is 15.2. The Morgan fingerprint density at radius 1 is 1.09 bits per heavy atom. The summed E-state index contributed by atoms with van der Waals surface area (Å²) in [6, 6.07) is 7.34. The fraction of sp³-hybridized carbons (Fsp3) is 0.480. The van der Waals surface area contributed by atoms with Crippen molar-refractivity contribution in [2.24, 2.45) is 11.8 Å². The van der Waals surface area contributed by atoms with Crippen molar-refractivity contribution in [1.29, 1.82) is 0 Å². The number of ether oxygens (including phenoxy) is 2. The highest BCUT2D eigenvalue weighted by Crippen LogP contribution is 2.47. The Bertz CT molecular complexity index is 840. The molecule has 1 aromatic carbocycles. The Hall–Kier alpha value is -2.93. The molecule has 1 N–H and O–H groups in total. The Balaban J connectivity index is 2.57. The van der Waals surface area contributed by atoms with Gasteiger partial charge in [-0.15, -0.1) is 0 Å². The minimum Gasteiger partial charge on any atom is -0.461 e. The molecule has 2 rings (SSSR count). The van der Waals surface area contributed by atoms with E-state index >= 15 is 0 Å². The molecule has 1 aliphatic carbocycles. The first kappa shape index (κ1) is 25.3. The van der Waals surface area contributed by atoms with Gasteiger partial charge in [-0.05, 0) is 38.5 Å². The van der Waals surface area contributed by atoms with Crippen molar-refractivity contribution in [1.82, 2.24) is 0 Å². The quantitative estimate of drug-likeness (QED) is 0.337. The zero-order valence-electron chi connectivity index (χ0n) is 19.1. The van der Waals surface area contributed by atoms with Crippen LogP contribution in [0.3, 0.4) is 0 Å². The van der Waals surface area contributed by atoms with E-state index in [1.165, 1.54) is 19.1 Å². The van der Waals surface area contributed by atoms with Crippen molar-refractivity contribution in [2.45, 2.75) is 38.7 Å². The maximum absolute atomic E-state index is 13.0. The molecular formula is C25H33NO6. The molecule has 0 heterocycles. The van der Waals surface area contributed by atoms with Gasteiger partial charge in [0.05, 0.1) is 11.5 Å². The Kier molecular flexibility index (Phi) is 8.78. The van der Waals surface area contributed by atoms with Gasteiger partial charge in [0.15, 0.2) is 5.78 Å². The number of hydrogen-bond acceptors (Lipinski definition) is 7. The lowest BCUT2D eigenvalue weighted by Gasteiger charge is -2.43. The molecule has 0 saturated heterocycles. The number of rotatable bonds is 10. The third-order valence-electron chi connectivity index (χ3n) is 5.87. The van der Waals surface area contributed by atoms with E-state index in [1.807, 2.05) is 26.0 Å². The largest absolute Gasteiger partial charge is 0.461 e. The van der Waals surface area contributed by atoms with Crippen molar-refractivity contribution >= 4 is 23.4 Å². The average Bonchev–Trinajstić information content (AvgIpc) is 2.76. The molecule has 0 spiro atoms. The maximum atomic E-state index is 13.0. The summed E-state index contributed by atoms with van der Waals surface area (Å²) in [6.45, 7) is 14.1. The van der Waals surface area contributed by atoms with Crippen molar-refractivity contribution < 1.29 is 29.0 Å². The van der Waals surface area contributed by atoms with Crippen LogP contribution < -0.4 is 4.90 Å². The molecule has 4 atom stereocenters. The van der Waals surface area contributed by atoms with Crippen LogP contribution in [-0.4, -0.2) is 54.7 Å². The van der Waals surface area contributed by atoms with E-state index in [1.54, 1.807) is 12.1 Å². The van der Waals surface area contributed by atoms with E-state index in [4.69, 9.17) is 9.47 Å². The Morgan fingerprint density at radius 2 is 1.62 bits per heavy atom. The number of benzene rings is 1. The van der Waals surface area contributed by atoms with E-state index in [2.05, 4.69) is 18.1 Å². The monoisotopic (exact) mass is 443 g/mol. The molecule has 1 fully saturated rings. The van der Waals surface area contributed by atoms with E-state index in [0.717, 1.165) is 18.8 Å². The third kappa shape index (κ3) is 5.46. The second-order valence-electron chi connectivity index (χ2n) is 8.08. The molecule has 7 nitrogen and oxygen atoms in total. The fourth-order valence-electron chi connectivity index (χ4n) is 4.37. The van der Waals surface area contributed by atoms with Crippen LogP contribution in [0.4, 0.5) is 5.69 Å². The predicted octanol–water partition coefficient (Wildman–Crippen LogP) is 3.03. The number of anilines is 1. The van der Waals surface area contributed by atoms with Crippen molar-refractivity contribution in [2.75, 3.05) is 31.2 Å². The first-order valence-corrected chi connectivity index (χ1v) is 10.9. The minimum absolute atomic E-state index is 0.0431. The second kappa shape index (κ2) is 11.1. The SMILES string of the molecule is C=CCOC(=O)[C@@H]1C(=O)C[C@](C)(O)[C@H](C(=O)OCC=C)[C@@H]1c1ccc(N(CC)CC)cc1. The predicted molar refractivity (Wildman–Crippen MR) is 122 cm³/mol. The summed E-state index contributed by atoms with van der Waals surface area (Å²) >= 11 is 0. The first-order valence-electron chi connectivity index (χ1n) is 10.9. The highest BCUT2D eigenvalue weighted by Gasteiger charge is 2.57. The van der Waals surface area contributed by atoms with Gasteiger partial charge in [0.2, 0.25) is 0 Å². The van der Waals surface area contributed by atoms with Gasteiger partial charge in [0, 0.05) is 31.1 Å². The van der Waals surface area contributed by atoms with Gasteiger partial charge in [0.25, 0.3) is 0 Å². The Morgan fingerprint density at radius 3 is 2.12 bits per heavy atom. The fourth-order valence-corrected chi connectivity index (χ4v) is 4.37. The van der Waals surface area contributed by atoms with Crippen LogP contribution >= 0.6 is 0 Å². The van der Waals surface area contributed by atoms with Crippen LogP contribution in [0.2, 0.25) is 0 Å². The molecule has 0 bridgehead atoms. The number of hydrogen-bond donors (Lipinski definition) is 1. The van der Waals surface area contributed by atoms with E-state index in [9.17, 15) is 19.5 Å². The van der Waals surface area contributed by atoms with Gasteiger partial charge in [0.1, 0.15) is 19.1 Å². The van der Waals surface area contributed by atoms with Gasteiger partial charge in [-0.2, -0.15) is 0 Å². The lowest BCUT2D eigenvalue weighted by Crippen LogP contribution is -2.55. The number of carbonyl (C=O) groups excluding carboxylic acids is 3. The lowest BCUT2D eigenvalue weighted by atomic mass is 9.61. The number of esters is 2. The van der Waals surface area contributed by atoms with Crippen molar-refractivity contribution in [3.8, 4) is 0 Å². The summed E-state index contributed by atoms with van der Waals surface area (Å²) in [5, 5.41) is 11.1. The molecule has 0 amide bonds. The highest BCUT2D eigenvalue weighted by molar-refractivity contribution is 6.02. The molecule has 1 aliphatic rings. The van der Waals surface area contributed by atoms with Crippen LogP contribution in [0.25, 0.3) is 0 Å². The molecule has 32 heavy (non-hydrogen) atoms. The topological polar surface area (TPSA) is 93.1 Å². The molecule has 1 aromatic rings. The second-order valence-corrected chi connectivity index (χ2v) is 8.08. The van der Waals surface area contributed by atoms with Crippen LogP contribution in [-0.2, 0) is 23.9 Å². The molecule has 0 unspecified atom stereocenters. The third-order valence-corrected chi connectivity index (χ3v) is 5.87. The summed E-state index contributed by atoms with van der Waals surface area (Å²) in [5.74, 6) is -5.23.